The Hall–Kier alpha value is -1.47. The van der Waals surface area contributed by atoms with E-state index in [4.69, 9.17) is 16.9 Å². The summed E-state index contributed by atoms with van der Waals surface area (Å²) >= 11 is 13.3. The first-order valence-electron chi connectivity index (χ1n) is 5.48. The average Bonchev–Trinajstić information content (AvgIpc) is 2.73. The molecule has 0 aliphatic rings. The fourth-order valence-electron chi connectivity index (χ4n) is 1.54. The zero-order valence-corrected chi connectivity index (χ0v) is 15.1. The number of nitro benzene ring substituents is 1. The fraction of sp³-hybridized carbons (Fsp3) is 0. The molecule has 0 saturated carbocycles. The molecule has 10 heteroatoms. The Morgan fingerprint density at radius 2 is 2.14 bits per heavy atom. The molecule has 0 aliphatic carbocycles. The van der Waals surface area contributed by atoms with Gasteiger partial charge >= 0.3 is 0 Å². The lowest BCUT2D eigenvalue weighted by Crippen LogP contribution is -2.12. The van der Waals surface area contributed by atoms with Crippen LogP contribution in [-0.2, 0) is 0 Å². The van der Waals surface area contributed by atoms with Crippen molar-refractivity contribution in [3.63, 3.8) is 0 Å². The minimum Gasteiger partial charge on any atom is -0.312 e. The molecule has 2 rings (SSSR count). The molecule has 2 aromatic rings. The first kappa shape index (κ1) is 16.9. The lowest BCUT2D eigenvalue weighted by atomic mass is 10.2. The fourth-order valence-corrected chi connectivity index (χ4v) is 3.84. The standard InChI is InChI=1S/C12H4Br2ClN3O3S/c13-9-6(4-16)12(22-10(9)14)17-11(19)5-1-2-7(15)8(3-5)18(20)21/h1-3H,(H,17,19). The molecule has 0 fully saturated rings. The highest BCUT2D eigenvalue weighted by Crippen LogP contribution is 2.40. The highest BCUT2D eigenvalue weighted by atomic mass is 79.9. The number of anilines is 1. The van der Waals surface area contributed by atoms with Crippen LogP contribution in [0.2, 0.25) is 5.02 Å². The third-order valence-electron chi connectivity index (χ3n) is 2.55. The molecule has 22 heavy (non-hydrogen) atoms. The van der Waals surface area contributed by atoms with Crippen LogP contribution in [0.3, 0.4) is 0 Å². The third kappa shape index (κ3) is 3.30. The van der Waals surface area contributed by atoms with Crippen LogP contribution in [0.25, 0.3) is 0 Å². The lowest BCUT2D eigenvalue weighted by molar-refractivity contribution is -0.384. The summed E-state index contributed by atoms with van der Waals surface area (Å²) in [4.78, 5) is 22.3. The summed E-state index contributed by atoms with van der Waals surface area (Å²) in [5, 5.41) is 22.8. The highest BCUT2D eigenvalue weighted by Gasteiger charge is 2.20. The molecule has 1 N–H and O–H groups in total. The zero-order valence-electron chi connectivity index (χ0n) is 10.4. The van der Waals surface area contributed by atoms with Crippen molar-refractivity contribution in [2.75, 3.05) is 5.32 Å². The summed E-state index contributed by atoms with van der Waals surface area (Å²) in [5.74, 6) is -0.572. The molecule has 1 aromatic heterocycles. The average molecular weight is 466 g/mol. The van der Waals surface area contributed by atoms with Gasteiger partial charge in [-0.3, -0.25) is 14.9 Å². The molecule has 0 bridgehead atoms. The molecular formula is C12H4Br2ClN3O3S. The highest BCUT2D eigenvalue weighted by molar-refractivity contribution is 9.13. The molecule has 1 heterocycles. The second-order valence-corrected chi connectivity index (χ2v) is 7.42. The number of thiophene rings is 1. The number of benzene rings is 1. The molecule has 112 valence electrons. The Balaban J connectivity index is 2.35. The number of carbonyl (C=O) groups is 1. The van der Waals surface area contributed by atoms with E-state index < -0.39 is 10.8 Å². The van der Waals surface area contributed by atoms with Crippen LogP contribution in [0.1, 0.15) is 15.9 Å². The van der Waals surface area contributed by atoms with Crippen LogP contribution in [0.15, 0.2) is 26.5 Å². The summed E-state index contributed by atoms with van der Waals surface area (Å²) in [6.45, 7) is 0. The van der Waals surface area contributed by atoms with Gasteiger partial charge in [0.1, 0.15) is 21.7 Å². The van der Waals surface area contributed by atoms with Gasteiger partial charge in [-0.05, 0) is 44.0 Å². The van der Waals surface area contributed by atoms with Gasteiger partial charge in [0.15, 0.2) is 0 Å². The van der Waals surface area contributed by atoms with E-state index >= 15 is 0 Å². The van der Waals surface area contributed by atoms with E-state index in [1.165, 1.54) is 12.1 Å². The molecule has 6 nitrogen and oxygen atoms in total. The van der Waals surface area contributed by atoms with E-state index in [0.29, 0.717) is 13.3 Å². The first-order chi connectivity index (χ1) is 10.3. The summed E-state index contributed by atoms with van der Waals surface area (Å²) in [6.07, 6.45) is 0. The van der Waals surface area contributed by atoms with Crippen molar-refractivity contribution in [3.8, 4) is 6.07 Å². The molecular weight excluding hydrogens is 461 g/mol. The monoisotopic (exact) mass is 463 g/mol. The van der Waals surface area contributed by atoms with E-state index in [0.717, 1.165) is 17.4 Å². The maximum atomic E-state index is 12.2. The van der Waals surface area contributed by atoms with Gasteiger partial charge in [0.2, 0.25) is 0 Å². The van der Waals surface area contributed by atoms with Crippen LogP contribution in [0.4, 0.5) is 10.7 Å². The number of amides is 1. The number of hydrogen-bond acceptors (Lipinski definition) is 5. The predicted octanol–water partition coefficient (Wildman–Crippen LogP) is 4.96. The minimum absolute atomic E-state index is 0.0547. The Morgan fingerprint density at radius 3 is 2.73 bits per heavy atom. The van der Waals surface area contributed by atoms with Gasteiger partial charge in [-0.1, -0.05) is 11.6 Å². The number of nitriles is 1. The second kappa shape index (κ2) is 6.75. The summed E-state index contributed by atoms with van der Waals surface area (Å²) in [6, 6.07) is 5.70. The maximum absolute atomic E-state index is 12.2. The molecule has 0 spiro atoms. The number of halogens is 3. The van der Waals surface area contributed by atoms with Crippen molar-refractivity contribution in [2.45, 2.75) is 0 Å². The van der Waals surface area contributed by atoms with Crippen molar-refractivity contribution in [2.24, 2.45) is 0 Å². The van der Waals surface area contributed by atoms with E-state index in [2.05, 4.69) is 37.2 Å². The van der Waals surface area contributed by atoms with Crippen LogP contribution < -0.4 is 5.32 Å². The van der Waals surface area contributed by atoms with Crippen molar-refractivity contribution in [1.29, 1.82) is 5.26 Å². The Bertz CT molecular complexity index is 832. The van der Waals surface area contributed by atoms with Gasteiger partial charge in [-0.2, -0.15) is 5.26 Å². The zero-order chi connectivity index (χ0) is 16.4. The van der Waals surface area contributed by atoms with Gasteiger partial charge in [0.05, 0.1) is 13.2 Å². The summed E-state index contributed by atoms with van der Waals surface area (Å²) in [5.41, 5.74) is -0.0160. The van der Waals surface area contributed by atoms with Crippen molar-refractivity contribution >= 4 is 71.4 Å². The third-order valence-corrected chi connectivity index (χ3v) is 6.24. The quantitative estimate of drug-likeness (QED) is 0.512. The molecule has 0 saturated heterocycles. The molecule has 0 radical (unpaired) electrons. The molecule has 0 atom stereocenters. The van der Waals surface area contributed by atoms with Crippen LogP contribution in [0.5, 0.6) is 0 Å². The molecule has 1 amide bonds. The van der Waals surface area contributed by atoms with Gasteiger partial charge in [-0.25, -0.2) is 0 Å². The number of hydrogen-bond donors (Lipinski definition) is 1. The van der Waals surface area contributed by atoms with Gasteiger partial charge in [0, 0.05) is 11.6 Å². The summed E-state index contributed by atoms with van der Waals surface area (Å²) in [7, 11) is 0. The normalized spacial score (nSPS) is 10.1. The Labute approximate surface area is 150 Å². The first-order valence-corrected chi connectivity index (χ1v) is 8.26. The van der Waals surface area contributed by atoms with E-state index in [1.54, 1.807) is 0 Å². The van der Waals surface area contributed by atoms with Gasteiger partial charge in [-0.15, -0.1) is 11.3 Å². The smallest absolute Gasteiger partial charge is 0.288 e. The lowest BCUT2D eigenvalue weighted by Gasteiger charge is -2.04. The number of carbonyl (C=O) groups excluding carboxylic acids is 1. The number of nitrogens with one attached hydrogen (secondary N) is 1. The van der Waals surface area contributed by atoms with E-state index in [9.17, 15) is 14.9 Å². The van der Waals surface area contributed by atoms with E-state index in [1.807, 2.05) is 6.07 Å². The predicted molar refractivity (Wildman–Crippen MR) is 90.5 cm³/mol. The van der Waals surface area contributed by atoms with E-state index in [-0.39, 0.29) is 21.8 Å². The van der Waals surface area contributed by atoms with Crippen molar-refractivity contribution in [3.05, 3.63) is 52.7 Å². The van der Waals surface area contributed by atoms with Crippen molar-refractivity contribution < 1.29 is 9.72 Å². The molecule has 0 unspecified atom stereocenters. The van der Waals surface area contributed by atoms with Crippen LogP contribution in [0, 0.1) is 21.4 Å². The summed E-state index contributed by atoms with van der Waals surface area (Å²) < 4.78 is 1.19. The van der Waals surface area contributed by atoms with Crippen LogP contribution in [-0.4, -0.2) is 10.8 Å². The van der Waals surface area contributed by atoms with Crippen molar-refractivity contribution in [1.82, 2.24) is 0 Å². The number of nitrogens with zero attached hydrogens (tertiary/aromatic N) is 2. The Kier molecular flexibility index (Phi) is 5.18. The molecule has 0 aliphatic heterocycles. The minimum atomic E-state index is -0.669. The Morgan fingerprint density at radius 1 is 1.45 bits per heavy atom. The van der Waals surface area contributed by atoms with Gasteiger partial charge in [0.25, 0.3) is 11.6 Å². The van der Waals surface area contributed by atoms with Gasteiger partial charge < -0.3 is 5.32 Å². The largest absolute Gasteiger partial charge is 0.312 e. The topological polar surface area (TPSA) is 96.0 Å². The second-order valence-electron chi connectivity index (χ2n) is 3.88. The maximum Gasteiger partial charge on any atom is 0.288 e. The van der Waals surface area contributed by atoms with Crippen LogP contribution >= 0.6 is 54.8 Å². The SMILES string of the molecule is N#Cc1c(NC(=O)c2ccc(Cl)c([N+](=O)[O-])c2)sc(Br)c1Br. The number of nitro groups is 1. The number of rotatable bonds is 3. The molecule has 1 aromatic carbocycles.